The van der Waals surface area contributed by atoms with Crippen LogP contribution in [-0.2, 0) is 26.2 Å². The molecule has 0 atom stereocenters. The molecule has 0 unspecified atom stereocenters. The highest BCUT2D eigenvalue weighted by atomic mass is 32.2. The molecule has 0 spiro atoms. The van der Waals surface area contributed by atoms with Crippen LogP contribution in [-0.4, -0.2) is 29.3 Å². The first-order chi connectivity index (χ1) is 10.6. The van der Waals surface area contributed by atoms with E-state index >= 15 is 0 Å². The molecule has 0 heterocycles. The third-order valence-corrected chi connectivity index (χ3v) is 5.40. The molecular formula is C15H16FNO4S2. The maximum absolute atomic E-state index is 13.2. The Labute approximate surface area is 135 Å². The standard InChI is InChI=1S/C15H16FNO4S2/c1-22(18,19)13-6-7-14(15(9-13)23(2,20)21)17-10-11-4-3-5-12(16)8-11/h3-9,17H,10H2,1-2H3. The molecule has 0 saturated carbocycles. The first-order valence-electron chi connectivity index (χ1n) is 6.60. The lowest BCUT2D eigenvalue weighted by Crippen LogP contribution is -2.08. The van der Waals surface area contributed by atoms with E-state index in [2.05, 4.69) is 5.32 Å². The maximum Gasteiger partial charge on any atom is 0.177 e. The van der Waals surface area contributed by atoms with Crippen LogP contribution in [0.15, 0.2) is 52.3 Å². The van der Waals surface area contributed by atoms with Gasteiger partial charge in [-0.25, -0.2) is 21.2 Å². The highest BCUT2D eigenvalue weighted by Crippen LogP contribution is 2.25. The Balaban J connectivity index is 2.38. The van der Waals surface area contributed by atoms with E-state index in [-0.39, 0.29) is 27.8 Å². The van der Waals surface area contributed by atoms with Gasteiger partial charge in [0.25, 0.3) is 0 Å². The molecule has 0 aliphatic heterocycles. The van der Waals surface area contributed by atoms with E-state index in [9.17, 15) is 21.2 Å². The van der Waals surface area contributed by atoms with Gasteiger partial charge in [-0.2, -0.15) is 0 Å². The summed E-state index contributed by atoms with van der Waals surface area (Å²) in [5.74, 6) is -0.389. The van der Waals surface area contributed by atoms with Crippen LogP contribution in [0.1, 0.15) is 5.56 Å². The molecule has 0 aliphatic rings. The molecule has 0 amide bonds. The molecule has 0 aromatic heterocycles. The topological polar surface area (TPSA) is 80.3 Å². The van der Waals surface area contributed by atoms with Crippen molar-refractivity contribution >= 4 is 25.4 Å². The van der Waals surface area contributed by atoms with Crippen molar-refractivity contribution in [3.8, 4) is 0 Å². The molecule has 8 heteroatoms. The van der Waals surface area contributed by atoms with E-state index < -0.39 is 19.7 Å². The van der Waals surface area contributed by atoms with Crippen molar-refractivity contribution < 1.29 is 21.2 Å². The van der Waals surface area contributed by atoms with Crippen molar-refractivity contribution in [3.05, 3.63) is 53.8 Å². The molecule has 2 rings (SSSR count). The van der Waals surface area contributed by atoms with Gasteiger partial charge in [-0.1, -0.05) is 12.1 Å². The zero-order valence-corrected chi connectivity index (χ0v) is 14.2. The largest absolute Gasteiger partial charge is 0.380 e. The number of hydrogen-bond donors (Lipinski definition) is 1. The number of benzene rings is 2. The summed E-state index contributed by atoms with van der Waals surface area (Å²) < 4.78 is 60.1. The molecule has 0 radical (unpaired) electrons. The van der Waals surface area contributed by atoms with Gasteiger partial charge in [0.15, 0.2) is 19.7 Å². The molecule has 5 nitrogen and oxygen atoms in total. The van der Waals surface area contributed by atoms with E-state index in [1.165, 1.54) is 24.3 Å². The summed E-state index contributed by atoms with van der Waals surface area (Å²) in [4.78, 5) is -0.189. The summed E-state index contributed by atoms with van der Waals surface area (Å²) in [5.41, 5.74) is 0.904. The summed E-state index contributed by atoms with van der Waals surface area (Å²) in [5, 5.41) is 2.90. The number of anilines is 1. The van der Waals surface area contributed by atoms with Crippen LogP contribution >= 0.6 is 0 Å². The van der Waals surface area contributed by atoms with E-state index in [1.54, 1.807) is 12.1 Å². The number of rotatable bonds is 5. The Bertz CT molecular complexity index is 938. The van der Waals surface area contributed by atoms with E-state index in [0.29, 0.717) is 5.56 Å². The van der Waals surface area contributed by atoms with Gasteiger partial charge in [0, 0.05) is 19.1 Å². The van der Waals surface area contributed by atoms with Crippen molar-refractivity contribution in [2.45, 2.75) is 16.3 Å². The number of halogens is 1. The van der Waals surface area contributed by atoms with Gasteiger partial charge in [-0.3, -0.25) is 0 Å². The Morgan fingerprint density at radius 2 is 1.65 bits per heavy atom. The van der Waals surface area contributed by atoms with Gasteiger partial charge in [-0.15, -0.1) is 0 Å². The molecule has 2 aromatic carbocycles. The fourth-order valence-corrected chi connectivity index (χ4v) is 3.63. The van der Waals surface area contributed by atoms with Crippen LogP contribution in [0.3, 0.4) is 0 Å². The Morgan fingerprint density at radius 3 is 2.22 bits per heavy atom. The second kappa shape index (κ2) is 6.29. The van der Waals surface area contributed by atoms with Gasteiger partial charge in [0.1, 0.15) is 5.82 Å². The lowest BCUT2D eigenvalue weighted by molar-refractivity contribution is 0.600. The van der Waals surface area contributed by atoms with Crippen LogP contribution in [0.25, 0.3) is 0 Å². The van der Waals surface area contributed by atoms with Crippen LogP contribution in [0.5, 0.6) is 0 Å². The van der Waals surface area contributed by atoms with Crippen LogP contribution < -0.4 is 5.32 Å². The van der Waals surface area contributed by atoms with E-state index in [1.807, 2.05) is 0 Å². The van der Waals surface area contributed by atoms with Gasteiger partial charge in [0.05, 0.1) is 15.5 Å². The zero-order chi connectivity index (χ0) is 17.3. The van der Waals surface area contributed by atoms with Gasteiger partial charge in [0.2, 0.25) is 0 Å². The lowest BCUT2D eigenvalue weighted by Gasteiger charge is -2.12. The molecule has 0 saturated heterocycles. The minimum absolute atomic E-state index is 0.0748. The molecule has 0 aliphatic carbocycles. The van der Waals surface area contributed by atoms with Gasteiger partial charge in [-0.05, 0) is 35.9 Å². The van der Waals surface area contributed by atoms with Crippen molar-refractivity contribution in [3.63, 3.8) is 0 Å². The fourth-order valence-electron chi connectivity index (χ4n) is 2.03. The first-order valence-corrected chi connectivity index (χ1v) is 10.4. The van der Waals surface area contributed by atoms with Crippen molar-refractivity contribution in [2.24, 2.45) is 0 Å². The molecule has 124 valence electrons. The van der Waals surface area contributed by atoms with Crippen LogP contribution in [0.4, 0.5) is 10.1 Å². The molecular weight excluding hydrogens is 341 g/mol. The molecule has 0 bridgehead atoms. The molecule has 0 fully saturated rings. The normalized spacial score (nSPS) is 12.1. The average Bonchev–Trinajstić information content (AvgIpc) is 2.43. The smallest absolute Gasteiger partial charge is 0.177 e. The highest BCUT2D eigenvalue weighted by Gasteiger charge is 2.17. The van der Waals surface area contributed by atoms with Gasteiger partial charge >= 0.3 is 0 Å². The highest BCUT2D eigenvalue weighted by molar-refractivity contribution is 7.91. The van der Waals surface area contributed by atoms with Crippen molar-refractivity contribution in [1.82, 2.24) is 0 Å². The Morgan fingerprint density at radius 1 is 0.957 bits per heavy atom. The lowest BCUT2D eigenvalue weighted by atomic mass is 10.2. The first kappa shape index (κ1) is 17.4. The maximum atomic E-state index is 13.2. The summed E-state index contributed by atoms with van der Waals surface area (Å²) in [6.07, 6.45) is 2.01. The number of nitrogens with one attached hydrogen (secondary N) is 1. The third kappa shape index (κ3) is 4.52. The van der Waals surface area contributed by atoms with Crippen LogP contribution in [0, 0.1) is 5.82 Å². The number of hydrogen-bond acceptors (Lipinski definition) is 5. The van der Waals surface area contributed by atoms with Crippen molar-refractivity contribution in [2.75, 3.05) is 17.8 Å². The predicted octanol–water partition coefficient (Wildman–Crippen LogP) is 2.24. The molecule has 1 N–H and O–H groups in total. The second-order valence-electron chi connectivity index (χ2n) is 5.19. The average molecular weight is 357 g/mol. The monoisotopic (exact) mass is 357 g/mol. The van der Waals surface area contributed by atoms with Crippen LogP contribution in [0.2, 0.25) is 0 Å². The summed E-state index contributed by atoms with van der Waals surface area (Å²) in [7, 11) is -7.15. The predicted molar refractivity (Wildman–Crippen MR) is 86.4 cm³/mol. The second-order valence-corrected chi connectivity index (χ2v) is 9.19. The SMILES string of the molecule is CS(=O)(=O)c1ccc(NCc2cccc(F)c2)c(S(C)(=O)=O)c1. The molecule has 2 aromatic rings. The molecule has 23 heavy (non-hydrogen) atoms. The van der Waals surface area contributed by atoms with Crippen molar-refractivity contribution in [1.29, 1.82) is 0 Å². The third-order valence-electron chi connectivity index (χ3n) is 3.15. The number of sulfone groups is 2. The van der Waals surface area contributed by atoms with E-state index in [4.69, 9.17) is 0 Å². The van der Waals surface area contributed by atoms with E-state index in [0.717, 1.165) is 18.6 Å². The quantitative estimate of drug-likeness (QED) is 0.888. The minimum Gasteiger partial charge on any atom is -0.380 e. The van der Waals surface area contributed by atoms with Gasteiger partial charge < -0.3 is 5.32 Å². The minimum atomic E-state index is -3.63. The zero-order valence-electron chi connectivity index (χ0n) is 12.6. The Hall–Kier alpha value is -1.93. The fraction of sp³-hybridized carbons (Fsp3) is 0.200. The summed E-state index contributed by atoms with van der Waals surface area (Å²) >= 11 is 0. The Kier molecular flexibility index (Phi) is 4.76. The summed E-state index contributed by atoms with van der Waals surface area (Å²) in [6.45, 7) is 0.207. The summed E-state index contributed by atoms with van der Waals surface area (Å²) in [6, 6.07) is 9.74.